The second kappa shape index (κ2) is 4.91. The van der Waals surface area contributed by atoms with E-state index < -0.39 is 18.0 Å². The van der Waals surface area contributed by atoms with Gasteiger partial charge in [0.25, 0.3) is 5.91 Å². The summed E-state index contributed by atoms with van der Waals surface area (Å²) in [4.78, 5) is 11.2. The van der Waals surface area contributed by atoms with Crippen LogP contribution in [0.25, 0.3) is 0 Å². The SMILES string of the molecule is COc1ccc(C(=O)NN)c(OC(F)(F)F)c1. The van der Waals surface area contributed by atoms with E-state index in [0.717, 1.165) is 12.1 Å². The van der Waals surface area contributed by atoms with Crippen molar-refractivity contribution in [1.29, 1.82) is 0 Å². The molecule has 0 atom stereocenters. The number of benzene rings is 1. The van der Waals surface area contributed by atoms with Crippen LogP contribution < -0.4 is 20.7 Å². The second-order valence-electron chi connectivity index (χ2n) is 2.88. The standard InChI is InChI=1S/C9H9F3N2O3/c1-16-5-2-3-6(8(15)14-13)7(4-5)17-9(10,11)12/h2-4H,13H2,1H3,(H,14,15). The summed E-state index contributed by atoms with van der Waals surface area (Å²) in [7, 11) is 1.27. The van der Waals surface area contributed by atoms with E-state index in [1.165, 1.54) is 13.2 Å². The van der Waals surface area contributed by atoms with E-state index in [4.69, 9.17) is 10.6 Å². The van der Waals surface area contributed by atoms with Gasteiger partial charge < -0.3 is 9.47 Å². The van der Waals surface area contributed by atoms with Gasteiger partial charge in [0, 0.05) is 6.07 Å². The van der Waals surface area contributed by atoms with Crippen molar-refractivity contribution < 1.29 is 27.4 Å². The summed E-state index contributed by atoms with van der Waals surface area (Å²) in [6.45, 7) is 0. The molecule has 8 heteroatoms. The lowest BCUT2D eigenvalue weighted by atomic mass is 10.2. The minimum Gasteiger partial charge on any atom is -0.497 e. The van der Waals surface area contributed by atoms with E-state index in [1.807, 2.05) is 0 Å². The Labute approximate surface area is 94.3 Å². The zero-order chi connectivity index (χ0) is 13.1. The Morgan fingerprint density at radius 1 is 1.41 bits per heavy atom. The summed E-state index contributed by atoms with van der Waals surface area (Å²) in [5.41, 5.74) is 1.38. The summed E-state index contributed by atoms with van der Waals surface area (Å²) >= 11 is 0. The molecule has 1 aromatic rings. The minimum absolute atomic E-state index is 0.123. The van der Waals surface area contributed by atoms with Crippen molar-refractivity contribution in [2.45, 2.75) is 6.36 Å². The molecule has 0 aliphatic rings. The highest BCUT2D eigenvalue weighted by Gasteiger charge is 2.33. The highest BCUT2D eigenvalue weighted by atomic mass is 19.4. The molecule has 1 rings (SSSR count). The van der Waals surface area contributed by atoms with Crippen LogP contribution in [0.2, 0.25) is 0 Å². The number of methoxy groups -OCH3 is 1. The number of nitrogen functional groups attached to an aromatic ring is 1. The predicted octanol–water partition coefficient (Wildman–Crippen LogP) is 1.20. The highest BCUT2D eigenvalue weighted by molar-refractivity contribution is 5.96. The Bertz CT molecular complexity index is 420. The molecule has 17 heavy (non-hydrogen) atoms. The van der Waals surface area contributed by atoms with E-state index in [9.17, 15) is 18.0 Å². The van der Waals surface area contributed by atoms with E-state index >= 15 is 0 Å². The van der Waals surface area contributed by atoms with Gasteiger partial charge in [-0.3, -0.25) is 10.2 Å². The minimum atomic E-state index is -4.91. The van der Waals surface area contributed by atoms with Crippen LogP contribution in [0.5, 0.6) is 11.5 Å². The fourth-order valence-electron chi connectivity index (χ4n) is 1.10. The van der Waals surface area contributed by atoms with Gasteiger partial charge in [-0.25, -0.2) is 5.84 Å². The Morgan fingerprint density at radius 2 is 2.06 bits per heavy atom. The zero-order valence-corrected chi connectivity index (χ0v) is 8.67. The van der Waals surface area contributed by atoms with Crippen molar-refractivity contribution >= 4 is 5.91 Å². The van der Waals surface area contributed by atoms with Gasteiger partial charge in [0.1, 0.15) is 11.5 Å². The average molecular weight is 250 g/mol. The number of amides is 1. The molecule has 1 aromatic carbocycles. The second-order valence-corrected chi connectivity index (χ2v) is 2.88. The molecule has 0 bridgehead atoms. The Kier molecular flexibility index (Phi) is 3.79. The molecule has 3 N–H and O–H groups in total. The fraction of sp³-hybridized carbons (Fsp3) is 0.222. The lowest BCUT2D eigenvalue weighted by Gasteiger charge is -2.13. The number of halogens is 3. The molecule has 5 nitrogen and oxygen atoms in total. The Hall–Kier alpha value is -1.96. The molecule has 0 fully saturated rings. The number of nitrogens with one attached hydrogen (secondary N) is 1. The first-order valence-electron chi connectivity index (χ1n) is 4.32. The first-order valence-corrected chi connectivity index (χ1v) is 4.32. The maximum absolute atomic E-state index is 12.1. The number of alkyl halides is 3. The average Bonchev–Trinajstić information content (AvgIpc) is 2.25. The topological polar surface area (TPSA) is 73.6 Å². The number of carbonyl (C=O) groups is 1. The molecule has 0 aromatic heterocycles. The summed E-state index contributed by atoms with van der Waals surface area (Å²) in [5.74, 6) is 3.39. The molecule has 0 spiro atoms. The van der Waals surface area contributed by atoms with Gasteiger partial charge in [-0.2, -0.15) is 0 Å². The van der Waals surface area contributed by atoms with Gasteiger partial charge in [-0.15, -0.1) is 13.2 Å². The number of ether oxygens (including phenoxy) is 2. The van der Waals surface area contributed by atoms with Gasteiger partial charge >= 0.3 is 6.36 Å². The number of hydrogen-bond acceptors (Lipinski definition) is 4. The van der Waals surface area contributed by atoms with Crippen LogP contribution in [0.3, 0.4) is 0 Å². The summed E-state index contributed by atoms with van der Waals surface area (Å²) < 4.78 is 44.7. The predicted molar refractivity (Wildman–Crippen MR) is 51.3 cm³/mol. The monoisotopic (exact) mass is 250 g/mol. The maximum Gasteiger partial charge on any atom is 0.573 e. The summed E-state index contributed by atoms with van der Waals surface area (Å²) in [5, 5.41) is 0. The van der Waals surface area contributed by atoms with Gasteiger partial charge in [0.2, 0.25) is 0 Å². The van der Waals surface area contributed by atoms with Crippen LogP contribution >= 0.6 is 0 Å². The highest BCUT2D eigenvalue weighted by Crippen LogP contribution is 2.29. The fourth-order valence-corrected chi connectivity index (χ4v) is 1.10. The quantitative estimate of drug-likeness (QED) is 0.480. The molecule has 0 aliphatic carbocycles. The molecule has 0 radical (unpaired) electrons. The molecule has 0 aliphatic heterocycles. The van der Waals surface area contributed by atoms with Crippen LogP contribution in [0.15, 0.2) is 18.2 Å². The number of hydrazine groups is 1. The zero-order valence-electron chi connectivity index (χ0n) is 8.67. The van der Waals surface area contributed by atoms with Crippen LogP contribution in [0.4, 0.5) is 13.2 Å². The van der Waals surface area contributed by atoms with Crippen molar-refractivity contribution in [3.05, 3.63) is 23.8 Å². The van der Waals surface area contributed by atoms with Gasteiger partial charge in [-0.05, 0) is 12.1 Å². The Balaban J connectivity index is 3.16. The molecular weight excluding hydrogens is 241 g/mol. The largest absolute Gasteiger partial charge is 0.573 e. The number of hydrogen-bond donors (Lipinski definition) is 2. The van der Waals surface area contributed by atoms with Gasteiger partial charge in [0.05, 0.1) is 12.7 Å². The molecule has 0 saturated heterocycles. The van der Waals surface area contributed by atoms with Crippen LogP contribution in [0.1, 0.15) is 10.4 Å². The third-order valence-corrected chi connectivity index (χ3v) is 1.79. The molecule has 94 valence electrons. The maximum atomic E-state index is 12.1. The van der Waals surface area contributed by atoms with Crippen molar-refractivity contribution in [2.75, 3.05) is 7.11 Å². The number of nitrogens with two attached hydrogens (primary N) is 1. The van der Waals surface area contributed by atoms with Crippen molar-refractivity contribution in [3.63, 3.8) is 0 Å². The molecule has 0 saturated carbocycles. The third-order valence-electron chi connectivity index (χ3n) is 1.79. The molecule has 0 unspecified atom stereocenters. The van der Waals surface area contributed by atoms with Gasteiger partial charge in [-0.1, -0.05) is 0 Å². The lowest BCUT2D eigenvalue weighted by Crippen LogP contribution is -2.31. The Morgan fingerprint density at radius 3 is 2.53 bits per heavy atom. The first kappa shape index (κ1) is 13.1. The van der Waals surface area contributed by atoms with Gasteiger partial charge in [0.15, 0.2) is 0 Å². The van der Waals surface area contributed by atoms with E-state index in [0.29, 0.717) is 0 Å². The third kappa shape index (κ3) is 3.52. The molecule has 1 amide bonds. The van der Waals surface area contributed by atoms with Crippen LogP contribution in [-0.2, 0) is 0 Å². The van der Waals surface area contributed by atoms with E-state index in [-0.39, 0.29) is 11.3 Å². The summed E-state index contributed by atoms with van der Waals surface area (Å²) in [6, 6.07) is 3.37. The van der Waals surface area contributed by atoms with Crippen LogP contribution in [-0.4, -0.2) is 19.4 Å². The van der Waals surface area contributed by atoms with Crippen molar-refractivity contribution in [3.8, 4) is 11.5 Å². The number of rotatable bonds is 3. The summed E-state index contributed by atoms with van der Waals surface area (Å²) in [6.07, 6.45) is -4.91. The smallest absolute Gasteiger partial charge is 0.497 e. The number of carbonyl (C=O) groups excluding carboxylic acids is 1. The van der Waals surface area contributed by atoms with Crippen LogP contribution in [0, 0.1) is 0 Å². The molecule has 0 heterocycles. The van der Waals surface area contributed by atoms with Crippen molar-refractivity contribution in [2.24, 2.45) is 5.84 Å². The normalized spacial score (nSPS) is 10.9. The lowest BCUT2D eigenvalue weighted by molar-refractivity contribution is -0.274. The van der Waals surface area contributed by atoms with E-state index in [1.54, 1.807) is 5.43 Å². The molecular formula is C9H9F3N2O3. The first-order chi connectivity index (χ1) is 7.87. The van der Waals surface area contributed by atoms with E-state index in [2.05, 4.69) is 4.74 Å². The van der Waals surface area contributed by atoms with Crippen molar-refractivity contribution in [1.82, 2.24) is 5.43 Å².